The maximum atomic E-state index is 12.0. The van der Waals surface area contributed by atoms with Crippen LogP contribution in [-0.4, -0.2) is 14.7 Å². The molecule has 14 heavy (non-hydrogen) atoms. The molecule has 2 rings (SSSR count). The molecule has 0 fully saturated rings. The lowest BCUT2D eigenvalue weighted by atomic mass is 9.99. The van der Waals surface area contributed by atoms with Gasteiger partial charge in [0.1, 0.15) is 0 Å². The van der Waals surface area contributed by atoms with E-state index in [1.807, 2.05) is 26.0 Å². The first-order chi connectivity index (χ1) is 6.52. The Morgan fingerprint density at radius 2 is 1.93 bits per heavy atom. The van der Waals surface area contributed by atoms with Crippen LogP contribution >= 0.6 is 0 Å². The van der Waals surface area contributed by atoms with Gasteiger partial charge in [0.15, 0.2) is 5.78 Å². The van der Waals surface area contributed by atoms with E-state index < -0.39 is 15.5 Å². The molecule has 0 amide bonds. The van der Waals surface area contributed by atoms with Crippen LogP contribution in [0.2, 0.25) is 0 Å². The van der Waals surface area contributed by atoms with Crippen molar-refractivity contribution in [2.24, 2.45) is 0 Å². The lowest BCUT2D eigenvalue weighted by Crippen LogP contribution is -2.35. The van der Waals surface area contributed by atoms with Gasteiger partial charge in [0.2, 0.25) is 0 Å². The Morgan fingerprint density at radius 1 is 1.29 bits per heavy atom. The van der Waals surface area contributed by atoms with E-state index in [0.717, 1.165) is 0 Å². The molecule has 0 saturated heterocycles. The van der Waals surface area contributed by atoms with Gasteiger partial charge in [-0.3, -0.25) is 9.00 Å². The second-order valence-electron chi connectivity index (χ2n) is 4.12. The zero-order chi connectivity index (χ0) is 10.3. The normalized spacial score (nSPS) is 24.4. The monoisotopic (exact) mass is 208 g/mol. The Kier molecular flexibility index (Phi) is 2.07. The first kappa shape index (κ1) is 9.59. The van der Waals surface area contributed by atoms with E-state index >= 15 is 0 Å². The molecule has 1 aromatic carbocycles. The molecular formula is C11H12O2S. The molecule has 0 radical (unpaired) electrons. The van der Waals surface area contributed by atoms with Gasteiger partial charge in [-0.1, -0.05) is 18.2 Å². The van der Waals surface area contributed by atoms with Crippen molar-refractivity contribution in [3.8, 4) is 0 Å². The van der Waals surface area contributed by atoms with Gasteiger partial charge < -0.3 is 0 Å². The zero-order valence-electron chi connectivity index (χ0n) is 8.24. The van der Waals surface area contributed by atoms with Crippen molar-refractivity contribution >= 4 is 16.6 Å². The second kappa shape index (κ2) is 3.02. The van der Waals surface area contributed by atoms with Crippen molar-refractivity contribution < 1.29 is 9.00 Å². The summed E-state index contributed by atoms with van der Waals surface area (Å²) in [5.74, 6) is 0.102. The number of hydrogen-bond acceptors (Lipinski definition) is 2. The summed E-state index contributed by atoms with van der Waals surface area (Å²) in [4.78, 5) is 12.4. The summed E-state index contributed by atoms with van der Waals surface area (Å²) in [5, 5.41) is 0. The van der Waals surface area contributed by atoms with E-state index in [4.69, 9.17) is 0 Å². The van der Waals surface area contributed by atoms with E-state index in [9.17, 15) is 9.00 Å². The highest BCUT2D eigenvalue weighted by atomic mass is 32.2. The molecule has 0 spiro atoms. The van der Waals surface area contributed by atoms with Crippen molar-refractivity contribution in [1.82, 2.24) is 0 Å². The lowest BCUT2D eigenvalue weighted by Gasteiger charge is -2.28. The molecule has 1 aliphatic heterocycles. The Labute approximate surface area is 85.8 Å². The van der Waals surface area contributed by atoms with Gasteiger partial charge in [0.05, 0.1) is 20.4 Å². The number of benzene rings is 1. The summed E-state index contributed by atoms with van der Waals surface area (Å²) in [5.41, 5.74) is 0.630. The highest BCUT2D eigenvalue weighted by molar-refractivity contribution is 7.86. The third-order valence-electron chi connectivity index (χ3n) is 2.48. The summed E-state index contributed by atoms with van der Waals surface area (Å²) in [6, 6.07) is 7.17. The van der Waals surface area contributed by atoms with Gasteiger partial charge in [0, 0.05) is 12.0 Å². The molecule has 0 bridgehead atoms. The van der Waals surface area contributed by atoms with Crippen LogP contribution in [-0.2, 0) is 10.8 Å². The van der Waals surface area contributed by atoms with Gasteiger partial charge in [-0.05, 0) is 19.9 Å². The minimum Gasteiger partial charge on any atom is -0.294 e. The van der Waals surface area contributed by atoms with E-state index in [1.165, 1.54) is 0 Å². The predicted molar refractivity (Wildman–Crippen MR) is 55.9 cm³/mol. The van der Waals surface area contributed by atoms with E-state index in [1.54, 1.807) is 12.1 Å². The molecular weight excluding hydrogens is 196 g/mol. The molecule has 74 valence electrons. The first-order valence-corrected chi connectivity index (χ1v) is 5.71. The van der Waals surface area contributed by atoms with Crippen LogP contribution in [0.15, 0.2) is 29.2 Å². The molecule has 1 atom stereocenters. The second-order valence-corrected chi connectivity index (χ2v) is 6.21. The van der Waals surface area contributed by atoms with Crippen molar-refractivity contribution in [1.29, 1.82) is 0 Å². The van der Waals surface area contributed by atoms with Gasteiger partial charge in [-0.25, -0.2) is 0 Å². The minimum absolute atomic E-state index is 0.102. The lowest BCUT2D eigenvalue weighted by molar-refractivity contribution is 0.0966. The molecule has 3 heteroatoms. The highest BCUT2D eigenvalue weighted by Crippen LogP contribution is 2.33. The Hall–Kier alpha value is -0.960. The third kappa shape index (κ3) is 1.32. The van der Waals surface area contributed by atoms with E-state index in [-0.39, 0.29) is 5.78 Å². The number of rotatable bonds is 0. The minimum atomic E-state index is -1.07. The summed E-state index contributed by atoms with van der Waals surface area (Å²) >= 11 is 0. The van der Waals surface area contributed by atoms with Crippen molar-refractivity contribution in [3.63, 3.8) is 0 Å². The Morgan fingerprint density at radius 3 is 2.64 bits per heavy atom. The quantitative estimate of drug-likeness (QED) is 0.654. The maximum Gasteiger partial charge on any atom is 0.165 e. The van der Waals surface area contributed by atoms with Crippen molar-refractivity contribution in [2.75, 3.05) is 0 Å². The topological polar surface area (TPSA) is 34.1 Å². The largest absolute Gasteiger partial charge is 0.294 e. The molecule has 0 unspecified atom stereocenters. The Bertz CT molecular complexity index is 421. The molecule has 0 aromatic heterocycles. The molecule has 1 heterocycles. The standard InChI is InChI=1S/C11H12O2S/c1-11(2)7-9(12)8-5-3-4-6-10(8)14(11)13/h3-6H,7H2,1-2H3/t14-/m0/s1. The van der Waals surface area contributed by atoms with Crippen LogP contribution in [0.25, 0.3) is 0 Å². The third-order valence-corrected chi connectivity index (χ3v) is 4.38. The molecule has 0 N–H and O–H groups in total. The number of carbonyl (C=O) groups is 1. The van der Waals surface area contributed by atoms with Crippen LogP contribution < -0.4 is 0 Å². The number of hydrogen-bond donors (Lipinski definition) is 0. The molecule has 0 saturated carbocycles. The van der Waals surface area contributed by atoms with Crippen LogP contribution in [0.1, 0.15) is 30.6 Å². The van der Waals surface area contributed by atoms with E-state index in [0.29, 0.717) is 16.9 Å². The molecule has 1 aromatic rings. The van der Waals surface area contributed by atoms with Crippen LogP contribution in [0.5, 0.6) is 0 Å². The number of ketones is 1. The smallest absolute Gasteiger partial charge is 0.165 e. The fourth-order valence-electron chi connectivity index (χ4n) is 1.70. The summed E-state index contributed by atoms with van der Waals surface area (Å²) in [6.07, 6.45) is 0.372. The predicted octanol–water partition coefficient (Wildman–Crippen LogP) is 2.16. The SMILES string of the molecule is CC1(C)CC(=O)c2ccccc2[S@@]1=O. The average molecular weight is 208 g/mol. The van der Waals surface area contributed by atoms with Crippen LogP contribution in [0.4, 0.5) is 0 Å². The Balaban J connectivity index is 2.63. The fourth-order valence-corrected chi connectivity index (χ4v) is 3.15. The van der Waals surface area contributed by atoms with Gasteiger partial charge >= 0.3 is 0 Å². The highest BCUT2D eigenvalue weighted by Gasteiger charge is 2.37. The van der Waals surface area contributed by atoms with Gasteiger partial charge in [-0.2, -0.15) is 0 Å². The number of carbonyl (C=O) groups excluding carboxylic acids is 1. The number of fused-ring (bicyclic) bond motifs is 1. The average Bonchev–Trinajstić information content (AvgIpc) is 2.14. The summed E-state index contributed by atoms with van der Waals surface area (Å²) in [7, 11) is -1.07. The van der Waals surface area contributed by atoms with Gasteiger partial charge in [-0.15, -0.1) is 0 Å². The van der Waals surface area contributed by atoms with E-state index in [2.05, 4.69) is 0 Å². The maximum absolute atomic E-state index is 12.0. The molecule has 1 aliphatic rings. The first-order valence-electron chi connectivity index (χ1n) is 4.56. The molecule has 2 nitrogen and oxygen atoms in total. The molecule has 0 aliphatic carbocycles. The fraction of sp³-hybridized carbons (Fsp3) is 0.364. The van der Waals surface area contributed by atoms with Crippen molar-refractivity contribution in [2.45, 2.75) is 29.9 Å². The number of Topliss-reactive ketones (excluding diaryl/α,β-unsaturated/α-hetero) is 1. The van der Waals surface area contributed by atoms with Crippen molar-refractivity contribution in [3.05, 3.63) is 29.8 Å². The van der Waals surface area contributed by atoms with Crippen LogP contribution in [0.3, 0.4) is 0 Å². The zero-order valence-corrected chi connectivity index (χ0v) is 9.06. The van der Waals surface area contributed by atoms with Gasteiger partial charge in [0.25, 0.3) is 0 Å². The summed E-state index contributed by atoms with van der Waals surface area (Å²) in [6.45, 7) is 3.74. The van der Waals surface area contributed by atoms with Crippen LogP contribution in [0, 0.1) is 0 Å². The summed E-state index contributed by atoms with van der Waals surface area (Å²) < 4.78 is 11.6.